The molecule has 0 saturated carbocycles. The van der Waals surface area contributed by atoms with Gasteiger partial charge in [-0.1, -0.05) is 19.1 Å². The highest BCUT2D eigenvalue weighted by molar-refractivity contribution is 5.28. The summed E-state index contributed by atoms with van der Waals surface area (Å²) < 4.78 is 11.1. The zero-order valence-corrected chi connectivity index (χ0v) is 10.5. The zero-order valence-electron chi connectivity index (χ0n) is 10.5. The molecule has 0 amide bonds. The van der Waals surface area contributed by atoms with Crippen LogP contribution >= 0.6 is 0 Å². The van der Waals surface area contributed by atoms with E-state index in [4.69, 9.17) is 9.47 Å². The van der Waals surface area contributed by atoms with E-state index in [2.05, 4.69) is 30.0 Å². The first-order valence-corrected chi connectivity index (χ1v) is 6.40. The molecular weight excluding hydrogens is 214 g/mol. The number of rotatable bonds is 5. The van der Waals surface area contributed by atoms with E-state index in [1.807, 2.05) is 6.07 Å². The summed E-state index contributed by atoms with van der Waals surface area (Å²) in [6.07, 6.45) is 1.06. The molecule has 1 aliphatic rings. The Hall–Kier alpha value is -1.06. The number of aryl methyl sites for hydroxylation is 1. The SMILES string of the molecule is CCc1cccc(OCCN2CCOCC2)c1. The van der Waals surface area contributed by atoms with Crippen molar-refractivity contribution in [2.45, 2.75) is 13.3 Å². The highest BCUT2D eigenvalue weighted by Crippen LogP contribution is 2.13. The van der Waals surface area contributed by atoms with Crippen LogP contribution in [0.2, 0.25) is 0 Å². The van der Waals surface area contributed by atoms with Gasteiger partial charge < -0.3 is 9.47 Å². The first kappa shape index (κ1) is 12.4. The van der Waals surface area contributed by atoms with E-state index in [9.17, 15) is 0 Å². The average Bonchev–Trinajstić information content (AvgIpc) is 2.40. The fourth-order valence-electron chi connectivity index (χ4n) is 1.97. The number of ether oxygens (including phenoxy) is 2. The molecule has 1 fully saturated rings. The minimum Gasteiger partial charge on any atom is -0.492 e. The Morgan fingerprint density at radius 3 is 2.88 bits per heavy atom. The van der Waals surface area contributed by atoms with E-state index in [1.165, 1.54) is 5.56 Å². The molecule has 1 heterocycles. The van der Waals surface area contributed by atoms with Gasteiger partial charge in [-0.15, -0.1) is 0 Å². The summed E-state index contributed by atoms with van der Waals surface area (Å²) in [6, 6.07) is 8.34. The third kappa shape index (κ3) is 4.02. The molecule has 0 spiro atoms. The lowest BCUT2D eigenvalue weighted by Crippen LogP contribution is -2.38. The second-order valence-electron chi connectivity index (χ2n) is 4.30. The minimum absolute atomic E-state index is 0.757. The van der Waals surface area contributed by atoms with Crippen LogP contribution in [0.5, 0.6) is 5.75 Å². The first-order chi connectivity index (χ1) is 8.38. The topological polar surface area (TPSA) is 21.7 Å². The summed E-state index contributed by atoms with van der Waals surface area (Å²) in [5, 5.41) is 0. The Kier molecular flexibility index (Phi) is 4.83. The van der Waals surface area contributed by atoms with Gasteiger partial charge in [0.2, 0.25) is 0 Å². The van der Waals surface area contributed by atoms with Crippen molar-refractivity contribution in [1.82, 2.24) is 4.90 Å². The van der Waals surface area contributed by atoms with Gasteiger partial charge in [0.1, 0.15) is 12.4 Å². The smallest absolute Gasteiger partial charge is 0.119 e. The zero-order chi connectivity index (χ0) is 11.9. The molecule has 0 atom stereocenters. The summed E-state index contributed by atoms with van der Waals surface area (Å²) >= 11 is 0. The van der Waals surface area contributed by atoms with Crippen molar-refractivity contribution >= 4 is 0 Å². The van der Waals surface area contributed by atoms with Gasteiger partial charge in [0.15, 0.2) is 0 Å². The fourth-order valence-corrected chi connectivity index (χ4v) is 1.97. The number of hydrogen-bond acceptors (Lipinski definition) is 3. The van der Waals surface area contributed by atoms with Crippen molar-refractivity contribution in [1.29, 1.82) is 0 Å². The molecule has 0 aromatic heterocycles. The quantitative estimate of drug-likeness (QED) is 0.778. The van der Waals surface area contributed by atoms with Crippen LogP contribution in [0.25, 0.3) is 0 Å². The second-order valence-corrected chi connectivity index (χ2v) is 4.30. The Balaban J connectivity index is 1.73. The molecule has 1 aromatic carbocycles. The van der Waals surface area contributed by atoms with Crippen LogP contribution in [0.3, 0.4) is 0 Å². The Labute approximate surface area is 103 Å². The van der Waals surface area contributed by atoms with E-state index in [1.54, 1.807) is 0 Å². The van der Waals surface area contributed by atoms with Crippen molar-refractivity contribution < 1.29 is 9.47 Å². The summed E-state index contributed by atoms with van der Waals surface area (Å²) in [5.41, 5.74) is 1.33. The summed E-state index contributed by atoms with van der Waals surface area (Å²) in [4.78, 5) is 2.38. The lowest BCUT2D eigenvalue weighted by atomic mass is 10.2. The molecular formula is C14H21NO2. The van der Waals surface area contributed by atoms with Gasteiger partial charge in [0.25, 0.3) is 0 Å². The monoisotopic (exact) mass is 235 g/mol. The molecule has 0 N–H and O–H groups in total. The Morgan fingerprint density at radius 2 is 2.12 bits per heavy atom. The van der Waals surface area contributed by atoms with Gasteiger partial charge in [-0.05, 0) is 24.1 Å². The van der Waals surface area contributed by atoms with Gasteiger partial charge in [-0.25, -0.2) is 0 Å². The normalized spacial score (nSPS) is 17.0. The molecule has 0 unspecified atom stereocenters. The molecule has 2 rings (SSSR count). The molecule has 94 valence electrons. The number of nitrogens with zero attached hydrogens (tertiary/aromatic N) is 1. The van der Waals surface area contributed by atoms with Crippen LogP contribution in [0.4, 0.5) is 0 Å². The van der Waals surface area contributed by atoms with Gasteiger partial charge in [-0.2, -0.15) is 0 Å². The van der Waals surface area contributed by atoms with Gasteiger partial charge in [-0.3, -0.25) is 4.90 Å². The van der Waals surface area contributed by atoms with Gasteiger partial charge >= 0.3 is 0 Å². The second kappa shape index (κ2) is 6.62. The Bertz CT molecular complexity index is 335. The third-order valence-electron chi connectivity index (χ3n) is 3.09. The van der Waals surface area contributed by atoms with Crippen LogP contribution in [-0.4, -0.2) is 44.4 Å². The molecule has 0 bridgehead atoms. The standard InChI is InChI=1S/C14H21NO2/c1-2-13-4-3-5-14(12-13)17-11-8-15-6-9-16-10-7-15/h3-5,12H,2,6-11H2,1H3. The molecule has 1 aromatic rings. The average molecular weight is 235 g/mol. The fraction of sp³-hybridized carbons (Fsp3) is 0.571. The van der Waals surface area contributed by atoms with Crippen molar-refractivity contribution in [3.63, 3.8) is 0 Å². The van der Waals surface area contributed by atoms with Crippen molar-refractivity contribution in [3.05, 3.63) is 29.8 Å². The van der Waals surface area contributed by atoms with E-state index >= 15 is 0 Å². The van der Waals surface area contributed by atoms with Gasteiger partial charge in [0.05, 0.1) is 13.2 Å². The third-order valence-corrected chi connectivity index (χ3v) is 3.09. The number of morpholine rings is 1. The maximum Gasteiger partial charge on any atom is 0.119 e. The van der Waals surface area contributed by atoms with Crippen molar-refractivity contribution in [2.75, 3.05) is 39.5 Å². The summed E-state index contributed by atoms with van der Waals surface area (Å²) in [5.74, 6) is 0.984. The first-order valence-electron chi connectivity index (χ1n) is 6.40. The van der Waals surface area contributed by atoms with Gasteiger partial charge in [0, 0.05) is 19.6 Å². The lowest BCUT2D eigenvalue weighted by Gasteiger charge is -2.26. The summed E-state index contributed by atoms with van der Waals surface area (Å²) in [6.45, 7) is 7.66. The molecule has 3 nitrogen and oxygen atoms in total. The maximum atomic E-state index is 5.77. The van der Waals surface area contributed by atoms with Crippen LogP contribution in [0.1, 0.15) is 12.5 Å². The van der Waals surface area contributed by atoms with E-state index in [-0.39, 0.29) is 0 Å². The highest BCUT2D eigenvalue weighted by Gasteiger charge is 2.09. The van der Waals surface area contributed by atoms with Crippen LogP contribution in [-0.2, 0) is 11.2 Å². The van der Waals surface area contributed by atoms with Crippen molar-refractivity contribution in [3.8, 4) is 5.75 Å². The molecule has 3 heteroatoms. The van der Waals surface area contributed by atoms with Crippen molar-refractivity contribution in [2.24, 2.45) is 0 Å². The molecule has 0 radical (unpaired) electrons. The molecule has 1 aliphatic heterocycles. The summed E-state index contributed by atoms with van der Waals surface area (Å²) in [7, 11) is 0. The van der Waals surface area contributed by atoms with Crippen LogP contribution in [0, 0.1) is 0 Å². The molecule has 17 heavy (non-hydrogen) atoms. The highest BCUT2D eigenvalue weighted by atomic mass is 16.5. The van der Waals surface area contributed by atoms with E-state index in [0.29, 0.717) is 0 Å². The lowest BCUT2D eigenvalue weighted by molar-refractivity contribution is 0.0322. The van der Waals surface area contributed by atoms with E-state index < -0.39 is 0 Å². The molecule has 0 aliphatic carbocycles. The molecule has 1 saturated heterocycles. The van der Waals surface area contributed by atoms with E-state index in [0.717, 1.165) is 51.6 Å². The predicted octanol–water partition coefficient (Wildman–Crippen LogP) is 1.96. The Morgan fingerprint density at radius 1 is 1.29 bits per heavy atom. The number of hydrogen-bond donors (Lipinski definition) is 0. The minimum atomic E-state index is 0.757. The maximum absolute atomic E-state index is 5.77. The van der Waals surface area contributed by atoms with Crippen LogP contribution < -0.4 is 4.74 Å². The number of benzene rings is 1. The largest absolute Gasteiger partial charge is 0.492 e. The predicted molar refractivity (Wildman–Crippen MR) is 68.6 cm³/mol. The van der Waals surface area contributed by atoms with Crippen LogP contribution in [0.15, 0.2) is 24.3 Å².